The molecule has 0 amide bonds. The molecule has 2 aliphatic rings. The zero-order valence-corrected chi connectivity index (χ0v) is 11.7. The lowest BCUT2D eigenvalue weighted by molar-refractivity contribution is 0.0700. The molecule has 2 aromatic heterocycles. The number of aromatic nitrogens is 1. The number of hydrogen-bond acceptors (Lipinski definition) is 3. The standard InChI is InChI=1S/C14H12ClNO2S/c15-11-4-9-10(5-16-11)19-13(14(17)18)12(9)8-2-6-1-7(6)3-8/h4-8H,1-3H2,(H,17,18). The molecule has 19 heavy (non-hydrogen) atoms. The lowest BCUT2D eigenvalue weighted by Gasteiger charge is -2.12. The minimum Gasteiger partial charge on any atom is -0.477 e. The van der Waals surface area contributed by atoms with E-state index in [4.69, 9.17) is 11.6 Å². The molecular weight excluding hydrogens is 282 g/mol. The Balaban J connectivity index is 1.91. The molecule has 2 unspecified atom stereocenters. The molecule has 2 saturated carbocycles. The lowest BCUT2D eigenvalue weighted by Crippen LogP contribution is -2.03. The van der Waals surface area contributed by atoms with E-state index in [-0.39, 0.29) is 0 Å². The number of nitrogens with zero attached hydrogens (tertiary/aromatic N) is 1. The SMILES string of the molecule is O=C(O)c1sc2cnc(Cl)cc2c1C1CC2CC2C1. The maximum absolute atomic E-state index is 11.5. The van der Waals surface area contributed by atoms with Crippen LogP contribution < -0.4 is 0 Å². The van der Waals surface area contributed by atoms with Crippen molar-refractivity contribution in [1.29, 1.82) is 0 Å². The molecule has 2 fully saturated rings. The molecule has 2 aromatic rings. The molecule has 98 valence electrons. The number of carboxylic acid groups (broad SMARTS) is 1. The van der Waals surface area contributed by atoms with Crippen LogP contribution in [-0.2, 0) is 0 Å². The summed E-state index contributed by atoms with van der Waals surface area (Å²) in [7, 11) is 0. The van der Waals surface area contributed by atoms with Crippen LogP contribution in [0.25, 0.3) is 10.1 Å². The monoisotopic (exact) mass is 293 g/mol. The van der Waals surface area contributed by atoms with Crippen LogP contribution in [0.5, 0.6) is 0 Å². The molecule has 0 aromatic carbocycles. The number of halogens is 1. The third kappa shape index (κ3) is 1.77. The third-order valence-corrected chi connectivity index (χ3v) is 5.78. The second kappa shape index (κ2) is 3.93. The van der Waals surface area contributed by atoms with Gasteiger partial charge in [0.25, 0.3) is 0 Å². The number of hydrogen-bond donors (Lipinski definition) is 1. The van der Waals surface area contributed by atoms with Crippen LogP contribution in [0.2, 0.25) is 5.15 Å². The Labute approximate surface area is 119 Å². The van der Waals surface area contributed by atoms with Crippen molar-refractivity contribution >= 4 is 39.0 Å². The average molecular weight is 294 g/mol. The normalized spacial score (nSPS) is 28.6. The van der Waals surface area contributed by atoms with Crippen molar-refractivity contribution in [2.45, 2.75) is 25.2 Å². The Morgan fingerprint density at radius 2 is 2.11 bits per heavy atom. The topological polar surface area (TPSA) is 50.2 Å². The fourth-order valence-corrected chi connectivity index (χ4v) is 4.75. The van der Waals surface area contributed by atoms with E-state index in [1.54, 1.807) is 6.20 Å². The fourth-order valence-electron chi connectivity index (χ4n) is 3.51. The number of carbonyl (C=O) groups is 1. The first kappa shape index (κ1) is 11.7. The van der Waals surface area contributed by atoms with Crippen molar-refractivity contribution in [2.24, 2.45) is 11.8 Å². The van der Waals surface area contributed by atoms with Gasteiger partial charge in [0.1, 0.15) is 10.0 Å². The number of carboxylic acids is 1. The molecule has 5 heteroatoms. The van der Waals surface area contributed by atoms with Gasteiger partial charge in [0.05, 0.1) is 4.70 Å². The summed E-state index contributed by atoms with van der Waals surface area (Å²) in [4.78, 5) is 16.0. The number of thiophene rings is 1. The van der Waals surface area contributed by atoms with Gasteiger partial charge in [0.15, 0.2) is 0 Å². The largest absolute Gasteiger partial charge is 0.477 e. The first-order valence-corrected chi connectivity index (χ1v) is 7.64. The van der Waals surface area contributed by atoms with Crippen molar-refractivity contribution in [3.05, 3.63) is 27.9 Å². The van der Waals surface area contributed by atoms with Crippen molar-refractivity contribution in [2.75, 3.05) is 0 Å². The zero-order chi connectivity index (χ0) is 13.1. The van der Waals surface area contributed by atoms with E-state index in [1.165, 1.54) is 17.8 Å². The number of aromatic carboxylic acids is 1. The first-order valence-electron chi connectivity index (χ1n) is 6.44. The van der Waals surface area contributed by atoms with Crippen LogP contribution in [0, 0.1) is 11.8 Å². The van der Waals surface area contributed by atoms with E-state index >= 15 is 0 Å². The summed E-state index contributed by atoms with van der Waals surface area (Å²) in [6, 6.07) is 1.82. The third-order valence-electron chi connectivity index (χ3n) is 4.43. The predicted octanol–water partition coefficient (Wildman–Crippen LogP) is 4.16. The number of rotatable bonds is 2. The summed E-state index contributed by atoms with van der Waals surface area (Å²) in [5.41, 5.74) is 1.00. The van der Waals surface area contributed by atoms with Gasteiger partial charge in [-0.05, 0) is 48.6 Å². The highest BCUT2D eigenvalue weighted by atomic mass is 35.5. The van der Waals surface area contributed by atoms with E-state index in [2.05, 4.69) is 4.98 Å². The van der Waals surface area contributed by atoms with E-state index in [9.17, 15) is 9.90 Å². The van der Waals surface area contributed by atoms with Crippen LogP contribution in [-0.4, -0.2) is 16.1 Å². The predicted molar refractivity (Wildman–Crippen MR) is 75.2 cm³/mol. The van der Waals surface area contributed by atoms with Crippen LogP contribution in [0.15, 0.2) is 12.3 Å². The van der Waals surface area contributed by atoms with Crippen molar-refractivity contribution in [3.8, 4) is 0 Å². The molecular formula is C14H12ClNO2S. The van der Waals surface area contributed by atoms with Gasteiger partial charge in [-0.15, -0.1) is 11.3 Å². The molecule has 2 heterocycles. The van der Waals surface area contributed by atoms with Gasteiger partial charge in [-0.3, -0.25) is 0 Å². The second-order valence-corrected chi connectivity index (χ2v) is 7.02. The van der Waals surface area contributed by atoms with Gasteiger partial charge in [0.2, 0.25) is 0 Å². The van der Waals surface area contributed by atoms with Gasteiger partial charge in [-0.25, -0.2) is 9.78 Å². The quantitative estimate of drug-likeness (QED) is 0.846. The average Bonchev–Trinajstić information content (AvgIpc) is 2.84. The second-order valence-electron chi connectivity index (χ2n) is 5.58. The molecule has 0 spiro atoms. The Morgan fingerprint density at radius 1 is 1.37 bits per heavy atom. The highest BCUT2D eigenvalue weighted by Gasteiger charge is 2.47. The Morgan fingerprint density at radius 3 is 2.79 bits per heavy atom. The molecule has 4 rings (SSSR count). The minimum absolute atomic E-state index is 0.391. The van der Waals surface area contributed by atoms with Crippen molar-refractivity contribution in [1.82, 2.24) is 4.98 Å². The lowest BCUT2D eigenvalue weighted by atomic mass is 9.92. The zero-order valence-electron chi connectivity index (χ0n) is 10.1. The first-order chi connectivity index (χ1) is 9.13. The van der Waals surface area contributed by atoms with E-state index in [0.717, 1.165) is 40.3 Å². The number of fused-ring (bicyclic) bond motifs is 2. The highest BCUT2D eigenvalue weighted by molar-refractivity contribution is 7.21. The van der Waals surface area contributed by atoms with E-state index in [1.807, 2.05) is 6.07 Å². The molecule has 0 aliphatic heterocycles. The van der Waals surface area contributed by atoms with Gasteiger partial charge in [-0.2, -0.15) is 0 Å². The van der Waals surface area contributed by atoms with Crippen molar-refractivity contribution < 1.29 is 9.90 Å². The van der Waals surface area contributed by atoms with E-state index in [0.29, 0.717) is 15.9 Å². The van der Waals surface area contributed by atoms with Crippen LogP contribution in [0.4, 0.5) is 0 Å². The van der Waals surface area contributed by atoms with Gasteiger partial charge >= 0.3 is 5.97 Å². The number of pyridine rings is 1. The molecule has 0 radical (unpaired) electrons. The summed E-state index contributed by atoms with van der Waals surface area (Å²) in [6.45, 7) is 0. The highest BCUT2D eigenvalue weighted by Crippen LogP contribution is 2.59. The minimum atomic E-state index is -0.826. The van der Waals surface area contributed by atoms with Crippen LogP contribution in [0.1, 0.15) is 40.4 Å². The summed E-state index contributed by atoms with van der Waals surface area (Å²) < 4.78 is 0.928. The van der Waals surface area contributed by atoms with Crippen LogP contribution >= 0.6 is 22.9 Å². The maximum Gasteiger partial charge on any atom is 0.346 e. The smallest absolute Gasteiger partial charge is 0.346 e. The summed E-state index contributed by atoms with van der Waals surface area (Å²) in [5, 5.41) is 10.9. The Kier molecular flexibility index (Phi) is 2.42. The summed E-state index contributed by atoms with van der Waals surface area (Å²) in [6.07, 6.45) is 5.30. The Hall–Kier alpha value is -1.13. The molecule has 0 bridgehead atoms. The molecule has 2 atom stereocenters. The van der Waals surface area contributed by atoms with Crippen molar-refractivity contribution in [3.63, 3.8) is 0 Å². The maximum atomic E-state index is 11.5. The van der Waals surface area contributed by atoms with E-state index < -0.39 is 5.97 Å². The Bertz CT molecular complexity index is 686. The molecule has 2 aliphatic carbocycles. The molecule has 0 saturated heterocycles. The van der Waals surface area contributed by atoms with Crippen LogP contribution in [0.3, 0.4) is 0 Å². The fraction of sp³-hybridized carbons (Fsp3) is 0.429. The van der Waals surface area contributed by atoms with Gasteiger partial charge < -0.3 is 5.11 Å². The summed E-state index contributed by atoms with van der Waals surface area (Å²) >= 11 is 7.29. The van der Waals surface area contributed by atoms with Gasteiger partial charge in [0, 0.05) is 11.6 Å². The summed E-state index contributed by atoms with van der Waals surface area (Å²) in [5.74, 6) is 1.23. The molecule has 3 nitrogen and oxygen atoms in total. The molecule has 1 N–H and O–H groups in total. The van der Waals surface area contributed by atoms with Gasteiger partial charge in [-0.1, -0.05) is 11.6 Å².